The number of aliphatic hydroxyl groups excluding tert-OH is 1. The van der Waals surface area contributed by atoms with Gasteiger partial charge in [-0.1, -0.05) is 17.7 Å². The maximum absolute atomic E-state index is 9.02. The molecular weight excluding hydrogens is 136 g/mol. The molecule has 0 saturated heterocycles. The van der Waals surface area contributed by atoms with Crippen LogP contribution in [0.15, 0.2) is 23.3 Å². The van der Waals surface area contributed by atoms with E-state index in [1.54, 1.807) is 0 Å². The molecule has 11 heavy (non-hydrogen) atoms. The van der Waals surface area contributed by atoms with Crippen molar-refractivity contribution in [1.82, 2.24) is 0 Å². The molecule has 0 saturated carbocycles. The number of rotatable bonds is 1. The lowest BCUT2D eigenvalue weighted by atomic mass is 9.89. The second-order valence-electron chi connectivity index (χ2n) is 3.41. The van der Waals surface area contributed by atoms with Crippen LogP contribution in [0.2, 0.25) is 0 Å². The van der Waals surface area contributed by atoms with Gasteiger partial charge in [0, 0.05) is 5.92 Å². The third-order valence-electron chi connectivity index (χ3n) is 2.73. The Morgan fingerprint density at radius 2 is 2.18 bits per heavy atom. The van der Waals surface area contributed by atoms with Gasteiger partial charge in [0.15, 0.2) is 0 Å². The highest BCUT2D eigenvalue weighted by Gasteiger charge is 2.21. The molecule has 0 radical (unpaired) electrons. The summed E-state index contributed by atoms with van der Waals surface area (Å²) in [5.41, 5.74) is 3.02. The predicted octanol–water partition coefficient (Wildman–Crippen LogP) is 2.04. The molecule has 0 aromatic carbocycles. The van der Waals surface area contributed by atoms with Crippen molar-refractivity contribution in [2.24, 2.45) is 5.92 Å². The van der Waals surface area contributed by atoms with Gasteiger partial charge in [-0.3, -0.25) is 0 Å². The van der Waals surface area contributed by atoms with Crippen LogP contribution in [0.4, 0.5) is 0 Å². The van der Waals surface area contributed by atoms with Gasteiger partial charge in [0.05, 0.1) is 6.61 Å². The molecule has 0 aromatic rings. The molecule has 0 fully saturated rings. The molecule has 0 aromatic heterocycles. The van der Waals surface area contributed by atoms with Crippen molar-refractivity contribution in [1.29, 1.82) is 0 Å². The molecule has 0 heterocycles. The average Bonchev–Trinajstić information content (AvgIpc) is 2.47. The first-order chi connectivity index (χ1) is 5.42. The lowest BCUT2D eigenvalue weighted by Crippen LogP contribution is -2.07. The lowest BCUT2D eigenvalue weighted by Gasteiger charge is -2.17. The Bertz CT molecular complexity index is 213. The van der Waals surface area contributed by atoms with Crippen molar-refractivity contribution in [3.8, 4) is 0 Å². The van der Waals surface area contributed by atoms with Crippen LogP contribution < -0.4 is 0 Å². The third-order valence-corrected chi connectivity index (χ3v) is 2.73. The summed E-state index contributed by atoms with van der Waals surface area (Å²) in [6.45, 7) is 0.301. The van der Waals surface area contributed by atoms with E-state index in [0.29, 0.717) is 12.5 Å². The highest BCUT2D eigenvalue weighted by Crippen LogP contribution is 2.35. The van der Waals surface area contributed by atoms with Gasteiger partial charge in [-0.2, -0.15) is 0 Å². The highest BCUT2D eigenvalue weighted by atomic mass is 16.3. The summed E-state index contributed by atoms with van der Waals surface area (Å²) < 4.78 is 0. The van der Waals surface area contributed by atoms with Crippen molar-refractivity contribution >= 4 is 0 Å². The first kappa shape index (κ1) is 7.11. The number of aliphatic hydroxyl groups is 1. The molecule has 1 atom stereocenters. The second-order valence-corrected chi connectivity index (χ2v) is 3.41. The molecule has 0 spiro atoms. The Morgan fingerprint density at radius 3 is 3.00 bits per heavy atom. The molecule has 2 aliphatic rings. The maximum Gasteiger partial charge on any atom is 0.0531 e. The lowest BCUT2D eigenvalue weighted by molar-refractivity contribution is 0.266. The van der Waals surface area contributed by atoms with Crippen molar-refractivity contribution in [3.05, 3.63) is 23.3 Å². The summed E-state index contributed by atoms with van der Waals surface area (Å²) in [6, 6.07) is 0. The van der Waals surface area contributed by atoms with E-state index >= 15 is 0 Å². The first-order valence-electron chi connectivity index (χ1n) is 4.43. The molecule has 0 aliphatic heterocycles. The molecular formula is C10H14O. The quantitative estimate of drug-likeness (QED) is 0.606. The SMILES string of the molecule is OC[C@H]1C=CC2=C1CCCC2. The monoisotopic (exact) mass is 150 g/mol. The predicted molar refractivity (Wildman–Crippen MR) is 45.2 cm³/mol. The van der Waals surface area contributed by atoms with Gasteiger partial charge >= 0.3 is 0 Å². The van der Waals surface area contributed by atoms with E-state index in [-0.39, 0.29) is 0 Å². The zero-order valence-corrected chi connectivity index (χ0v) is 6.71. The van der Waals surface area contributed by atoms with E-state index in [1.807, 2.05) is 0 Å². The first-order valence-corrected chi connectivity index (χ1v) is 4.43. The van der Waals surface area contributed by atoms with Crippen LogP contribution in [0.1, 0.15) is 25.7 Å². The van der Waals surface area contributed by atoms with E-state index in [1.165, 1.54) is 36.8 Å². The molecule has 0 amide bonds. The van der Waals surface area contributed by atoms with Gasteiger partial charge in [0.1, 0.15) is 0 Å². The Hall–Kier alpha value is -0.560. The Balaban J connectivity index is 2.21. The summed E-state index contributed by atoms with van der Waals surface area (Å²) >= 11 is 0. The Kier molecular flexibility index (Phi) is 1.82. The van der Waals surface area contributed by atoms with E-state index in [4.69, 9.17) is 5.11 Å². The summed E-state index contributed by atoms with van der Waals surface area (Å²) in [4.78, 5) is 0. The molecule has 1 N–H and O–H groups in total. The van der Waals surface area contributed by atoms with Crippen LogP contribution in [-0.4, -0.2) is 11.7 Å². The summed E-state index contributed by atoms with van der Waals surface area (Å²) in [5, 5.41) is 9.02. The number of hydrogen-bond donors (Lipinski definition) is 1. The fourth-order valence-electron chi connectivity index (χ4n) is 2.09. The maximum atomic E-state index is 9.02. The van der Waals surface area contributed by atoms with E-state index in [9.17, 15) is 0 Å². The smallest absolute Gasteiger partial charge is 0.0531 e. The molecule has 0 bridgehead atoms. The standard InChI is InChI=1S/C10H14O/c11-7-9-6-5-8-3-1-2-4-10(8)9/h5-6,9,11H,1-4,7H2/t9-/m1/s1. The van der Waals surface area contributed by atoms with Gasteiger partial charge in [-0.25, -0.2) is 0 Å². The largest absolute Gasteiger partial charge is 0.395 e. The van der Waals surface area contributed by atoms with E-state index in [0.717, 1.165) is 0 Å². The molecule has 60 valence electrons. The zero-order valence-electron chi connectivity index (χ0n) is 6.71. The summed E-state index contributed by atoms with van der Waals surface area (Å²) in [6.07, 6.45) is 9.46. The van der Waals surface area contributed by atoms with Crippen LogP contribution in [0, 0.1) is 5.92 Å². The fraction of sp³-hybridized carbons (Fsp3) is 0.600. The van der Waals surface area contributed by atoms with Crippen molar-refractivity contribution in [3.63, 3.8) is 0 Å². The minimum absolute atomic E-state index is 0.301. The molecule has 1 heteroatoms. The zero-order chi connectivity index (χ0) is 7.68. The normalized spacial score (nSPS) is 29.4. The third kappa shape index (κ3) is 1.14. The Morgan fingerprint density at radius 1 is 1.36 bits per heavy atom. The van der Waals surface area contributed by atoms with Crippen LogP contribution in [0.3, 0.4) is 0 Å². The van der Waals surface area contributed by atoms with Crippen molar-refractivity contribution < 1.29 is 5.11 Å². The van der Waals surface area contributed by atoms with E-state index in [2.05, 4.69) is 12.2 Å². The summed E-state index contributed by atoms with van der Waals surface area (Å²) in [7, 11) is 0. The van der Waals surface area contributed by atoms with Crippen LogP contribution in [0.5, 0.6) is 0 Å². The highest BCUT2D eigenvalue weighted by molar-refractivity contribution is 5.38. The average molecular weight is 150 g/mol. The van der Waals surface area contributed by atoms with Gasteiger partial charge in [-0.15, -0.1) is 0 Å². The molecule has 2 aliphatic carbocycles. The van der Waals surface area contributed by atoms with Gasteiger partial charge in [-0.05, 0) is 31.3 Å². The molecule has 0 unspecified atom stereocenters. The number of hydrogen-bond acceptors (Lipinski definition) is 1. The van der Waals surface area contributed by atoms with E-state index < -0.39 is 0 Å². The minimum atomic E-state index is 0.301. The van der Waals surface area contributed by atoms with Gasteiger partial charge in [0.2, 0.25) is 0 Å². The van der Waals surface area contributed by atoms with Gasteiger partial charge < -0.3 is 5.11 Å². The van der Waals surface area contributed by atoms with Gasteiger partial charge in [0.25, 0.3) is 0 Å². The summed E-state index contributed by atoms with van der Waals surface area (Å²) in [5.74, 6) is 0.366. The van der Waals surface area contributed by atoms with Crippen molar-refractivity contribution in [2.75, 3.05) is 6.61 Å². The number of allylic oxidation sites excluding steroid dienone is 2. The second kappa shape index (κ2) is 2.82. The Labute approximate surface area is 67.4 Å². The fourth-order valence-corrected chi connectivity index (χ4v) is 2.09. The minimum Gasteiger partial charge on any atom is -0.395 e. The van der Waals surface area contributed by atoms with Crippen molar-refractivity contribution in [2.45, 2.75) is 25.7 Å². The topological polar surface area (TPSA) is 20.2 Å². The van der Waals surface area contributed by atoms with Crippen LogP contribution in [0.25, 0.3) is 0 Å². The molecule has 1 nitrogen and oxygen atoms in total. The van der Waals surface area contributed by atoms with Crippen LogP contribution in [-0.2, 0) is 0 Å². The molecule has 2 rings (SSSR count). The van der Waals surface area contributed by atoms with Crippen LogP contribution >= 0.6 is 0 Å².